The van der Waals surface area contributed by atoms with Crippen LogP contribution in [-0.2, 0) is 9.53 Å². The van der Waals surface area contributed by atoms with Crippen molar-refractivity contribution in [1.29, 1.82) is 0 Å². The van der Waals surface area contributed by atoms with E-state index in [-0.39, 0.29) is 34.7 Å². The molecule has 144 valence electrons. The standard InChI is InChI=1S/C23H33FO2/c1-5-16-21(26-14(2)25)13-19-15-8-9-18-20(24)7-6-11-22(18,3)17(15)10-12-23(16,19)4/h1,15-21H,6-13H2,2-4H3/t15-,16-,17+,18?,19+,20+,21+,22-,23-/m1/s1. The maximum Gasteiger partial charge on any atom is 0.302 e. The van der Waals surface area contributed by atoms with Crippen molar-refractivity contribution in [3.8, 4) is 12.3 Å². The minimum Gasteiger partial charge on any atom is -0.461 e. The minimum atomic E-state index is -0.612. The molecule has 4 aliphatic rings. The quantitative estimate of drug-likeness (QED) is 0.477. The average Bonchev–Trinajstić information content (AvgIpc) is 2.85. The van der Waals surface area contributed by atoms with Crippen molar-refractivity contribution in [2.45, 2.75) is 84.4 Å². The molecule has 0 aliphatic heterocycles. The van der Waals surface area contributed by atoms with E-state index in [9.17, 15) is 9.18 Å². The van der Waals surface area contributed by atoms with Crippen LogP contribution in [0.1, 0.15) is 72.1 Å². The molecule has 0 N–H and O–H groups in total. The van der Waals surface area contributed by atoms with Gasteiger partial charge in [-0.1, -0.05) is 19.8 Å². The van der Waals surface area contributed by atoms with E-state index in [2.05, 4.69) is 19.8 Å². The first kappa shape index (κ1) is 18.3. The Morgan fingerprint density at radius 3 is 2.54 bits per heavy atom. The highest BCUT2D eigenvalue weighted by molar-refractivity contribution is 5.66. The summed E-state index contributed by atoms with van der Waals surface area (Å²) in [5.41, 5.74) is 0.204. The van der Waals surface area contributed by atoms with Crippen LogP contribution in [0.15, 0.2) is 0 Å². The first-order valence-corrected chi connectivity index (χ1v) is 10.6. The fraction of sp³-hybridized carbons (Fsp3) is 0.870. The van der Waals surface area contributed by atoms with E-state index in [0.29, 0.717) is 17.8 Å². The highest BCUT2D eigenvalue weighted by Crippen LogP contribution is 2.67. The molecule has 26 heavy (non-hydrogen) atoms. The molecule has 0 aromatic heterocycles. The molecule has 4 saturated carbocycles. The van der Waals surface area contributed by atoms with Gasteiger partial charge in [0, 0.05) is 6.92 Å². The summed E-state index contributed by atoms with van der Waals surface area (Å²) in [4.78, 5) is 11.6. The molecule has 0 saturated heterocycles. The van der Waals surface area contributed by atoms with Crippen LogP contribution in [0.5, 0.6) is 0 Å². The van der Waals surface area contributed by atoms with Gasteiger partial charge in [-0.15, -0.1) is 6.42 Å². The summed E-state index contributed by atoms with van der Waals surface area (Å²) in [6.07, 6.45) is 13.4. The zero-order chi connectivity index (χ0) is 18.7. The van der Waals surface area contributed by atoms with Crippen molar-refractivity contribution in [3.05, 3.63) is 0 Å². The van der Waals surface area contributed by atoms with E-state index in [1.807, 2.05) is 0 Å². The van der Waals surface area contributed by atoms with Crippen LogP contribution in [0.25, 0.3) is 0 Å². The Kier molecular flexibility index (Phi) is 4.41. The molecule has 9 atom stereocenters. The second kappa shape index (κ2) is 6.25. The molecule has 1 unspecified atom stereocenters. The molecular weight excluding hydrogens is 327 g/mol. The lowest BCUT2D eigenvalue weighted by Gasteiger charge is -2.60. The predicted molar refractivity (Wildman–Crippen MR) is 99.9 cm³/mol. The third kappa shape index (κ3) is 2.47. The number of ether oxygens (including phenoxy) is 1. The Labute approximate surface area is 157 Å². The topological polar surface area (TPSA) is 26.3 Å². The maximum absolute atomic E-state index is 14.7. The van der Waals surface area contributed by atoms with Gasteiger partial charge < -0.3 is 4.74 Å². The second-order valence-electron chi connectivity index (χ2n) is 10.0. The molecule has 0 aromatic rings. The third-order valence-corrected chi connectivity index (χ3v) is 9.08. The van der Waals surface area contributed by atoms with Crippen LogP contribution in [-0.4, -0.2) is 18.2 Å². The summed E-state index contributed by atoms with van der Waals surface area (Å²) < 4.78 is 20.4. The fourth-order valence-corrected chi connectivity index (χ4v) is 7.95. The van der Waals surface area contributed by atoms with Crippen LogP contribution in [0.2, 0.25) is 0 Å². The van der Waals surface area contributed by atoms with Gasteiger partial charge in [-0.3, -0.25) is 4.79 Å². The van der Waals surface area contributed by atoms with Gasteiger partial charge in [0.05, 0.1) is 5.92 Å². The van der Waals surface area contributed by atoms with E-state index < -0.39 is 6.17 Å². The third-order valence-electron chi connectivity index (χ3n) is 9.08. The molecule has 0 bridgehead atoms. The minimum absolute atomic E-state index is 0.0168. The van der Waals surface area contributed by atoms with Gasteiger partial charge in [0.1, 0.15) is 12.3 Å². The zero-order valence-electron chi connectivity index (χ0n) is 16.5. The van der Waals surface area contributed by atoms with Gasteiger partial charge in [0.25, 0.3) is 0 Å². The molecule has 2 nitrogen and oxygen atoms in total. The van der Waals surface area contributed by atoms with E-state index in [4.69, 9.17) is 11.2 Å². The summed E-state index contributed by atoms with van der Waals surface area (Å²) in [5.74, 6) is 4.74. The molecule has 4 rings (SSSR count). The molecular formula is C23H33FO2. The molecule has 0 spiro atoms. The van der Waals surface area contributed by atoms with Crippen LogP contribution >= 0.6 is 0 Å². The monoisotopic (exact) mass is 360 g/mol. The van der Waals surface area contributed by atoms with Crippen molar-refractivity contribution in [3.63, 3.8) is 0 Å². The number of carbonyl (C=O) groups excluding carboxylic acids is 1. The highest BCUT2D eigenvalue weighted by atomic mass is 19.1. The van der Waals surface area contributed by atoms with Gasteiger partial charge in [0.2, 0.25) is 0 Å². The van der Waals surface area contributed by atoms with Crippen molar-refractivity contribution in [2.24, 2.45) is 40.4 Å². The second-order valence-corrected chi connectivity index (χ2v) is 10.0. The summed E-state index contributed by atoms with van der Waals surface area (Å²) in [6, 6.07) is 0. The highest BCUT2D eigenvalue weighted by Gasteiger charge is 2.63. The maximum atomic E-state index is 14.7. The van der Waals surface area contributed by atoms with Crippen LogP contribution < -0.4 is 0 Å². The number of alkyl halides is 1. The Bertz CT molecular complexity index is 624. The molecule has 0 aromatic carbocycles. The average molecular weight is 361 g/mol. The normalized spacial score (nSPS) is 53.0. The number of hydrogen-bond donors (Lipinski definition) is 0. The Morgan fingerprint density at radius 1 is 1.08 bits per heavy atom. The van der Waals surface area contributed by atoms with Crippen molar-refractivity contribution in [1.82, 2.24) is 0 Å². The van der Waals surface area contributed by atoms with Crippen molar-refractivity contribution in [2.75, 3.05) is 0 Å². The molecule has 3 heteroatoms. The summed E-state index contributed by atoms with van der Waals surface area (Å²) in [5, 5.41) is 0. The summed E-state index contributed by atoms with van der Waals surface area (Å²) in [7, 11) is 0. The van der Waals surface area contributed by atoms with Gasteiger partial charge in [-0.05, 0) is 85.9 Å². The lowest BCUT2D eigenvalue weighted by atomic mass is 9.44. The molecule has 4 fully saturated rings. The Balaban J connectivity index is 1.64. The number of halogens is 1. The zero-order valence-corrected chi connectivity index (χ0v) is 16.5. The first-order valence-electron chi connectivity index (χ1n) is 10.6. The van der Waals surface area contributed by atoms with Crippen LogP contribution in [0, 0.1) is 52.8 Å². The number of fused-ring (bicyclic) bond motifs is 5. The first-order chi connectivity index (χ1) is 12.3. The van der Waals surface area contributed by atoms with Gasteiger partial charge in [0.15, 0.2) is 0 Å². The molecule has 0 radical (unpaired) electrons. The lowest BCUT2D eigenvalue weighted by Crippen LogP contribution is -2.54. The van der Waals surface area contributed by atoms with E-state index in [1.54, 1.807) is 0 Å². The summed E-state index contributed by atoms with van der Waals surface area (Å²) in [6.45, 7) is 6.19. The number of esters is 1. The van der Waals surface area contributed by atoms with E-state index in [1.165, 1.54) is 13.3 Å². The van der Waals surface area contributed by atoms with E-state index in [0.717, 1.165) is 44.9 Å². The number of terminal acetylenes is 1. The van der Waals surface area contributed by atoms with Gasteiger partial charge >= 0.3 is 5.97 Å². The Morgan fingerprint density at radius 2 is 1.85 bits per heavy atom. The van der Waals surface area contributed by atoms with Gasteiger partial charge in [-0.25, -0.2) is 4.39 Å². The fourth-order valence-electron chi connectivity index (χ4n) is 7.95. The van der Waals surface area contributed by atoms with Crippen molar-refractivity contribution < 1.29 is 13.9 Å². The SMILES string of the molecule is C#C[C@@H]1[C@@H](OC(C)=O)C[C@H]2[C@@H]3CCC4[C@@H](F)CCC[C@]4(C)[C@H]3CC[C@]12C. The van der Waals surface area contributed by atoms with Gasteiger partial charge in [-0.2, -0.15) is 0 Å². The number of carbonyl (C=O) groups is 1. The Hall–Kier alpha value is -1.04. The molecule has 4 aliphatic carbocycles. The predicted octanol–water partition coefficient (Wildman–Crippen LogP) is 5.16. The summed E-state index contributed by atoms with van der Waals surface area (Å²) >= 11 is 0. The lowest BCUT2D eigenvalue weighted by molar-refractivity contribution is -0.147. The molecule has 0 amide bonds. The molecule has 0 heterocycles. The van der Waals surface area contributed by atoms with E-state index >= 15 is 0 Å². The largest absolute Gasteiger partial charge is 0.461 e. The number of hydrogen-bond acceptors (Lipinski definition) is 2. The van der Waals surface area contributed by atoms with Crippen LogP contribution in [0.4, 0.5) is 4.39 Å². The van der Waals surface area contributed by atoms with Crippen molar-refractivity contribution >= 4 is 5.97 Å². The number of rotatable bonds is 1. The smallest absolute Gasteiger partial charge is 0.302 e. The van der Waals surface area contributed by atoms with Crippen LogP contribution in [0.3, 0.4) is 0 Å².